The fraction of sp³-hybridized carbons (Fsp3) is 0.783. The van der Waals surface area contributed by atoms with Gasteiger partial charge in [0.05, 0.1) is 30.1 Å². The number of esters is 1. The Morgan fingerprint density at radius 3 is 2.58 bits per heavy atom. The zero-order valence-corrected chi connectivity index (χ0v) is 24.5. The minimum Gasteiger partial charge on any atom is -0.462 e. The first-order valence-electron chi connectivity index (χ1n) is 12.7. The predicted molar refractivity (Wildman–Crippen MR) is 139 cm³/mol. The summed E-state index contributed by atoms with van der Waals surface area (Å²) >= 11 is 0.842. The second-order valence-electron chi connectivity index (χ2n) is 10.7. The number of nitrogens with zero attached hydrogens (tertiary/aromatic N) is 1. The van der Waals surface area contributed by atoms with Gasteiger partial charge in [0, 0.05) is 12.0 Å². The van der Waals surface area contributed by atoms with Crippen LogP contribution in [0.3, 0.4) is 0 Å². The van der Waals surface area contributed by atoms with Gasteiger partial charge in [-0.25, -0.2) is 14.4 Å². The van der Waals surface area contributed by atoms with Gasteiger partial charge in [0.15, 0.2) is 11.3 Å². The van der Waals surface area contributed by atoms with Crippen LogP contribution in [0.2, 0.25) is 0 Å². The topological polar surface area (TPSA) is 193 Å². The van der Waals surface area contributed by atoms with E-state index in [0.29, 0.717) is 0 Å². The number of nitrogens with one attached hydrogen (secondary N) is 2. The third kappa shape index (κ3) is 6.88. The molecule has 228 valence electrons. The van der Waals surface area contributed by atoms with Gasteiger partial charge in [0.25, 0.3) is 0 Å². The lowest BCUT2D eigenvalue weighted by atomic mass is 9.97. The molecule has 2 fully saturated rings. The van der Waals surface area contributed by atoms with Crippen molar-refractivity contribution in [3.63, 3.8) is 0 Å². The van der Waals surface area contributed by atoms with Crippen molar-refractivity contribution in [1.82, 2.24) is 15.3 Å². The lowest BCUT2D eigenvalue weighted by Gasteiger charge is -2.34. The molecular weight excluding hydrogens is 576 g/mol. The molecule has 1 saturated heterocycles. The molecule has 2 aliphatic heterocycles. The van der Waals surface area contributed by atoms with Crippen molar-refractivity contribution >= 4 is 36.6 Å². The van der Waals surface area contributed by atoms with E-state index in [1.54, 1.807) is 27.7 Å². The highest BCUT2D eigenvalue weighted by Gasteiger charge is 2.80. The third-order valence-corrected chi connectivity index (χ3v) is 9.52. The number of aliphatic hydroxyl groups excluding tert-OH is 3. The molecule has 5 N–H and O–H groups in total. The van der Waals surface area contributed by atoms with E-state index in [4.69, 9.17) is 18.5 Å². The van der Waals surface area contributed by atoms with Crippen molar-refractivity contribution in [2.45, 2.75) is 77.5 Å². The minimum absolute atomic E-state index is 0.0217. The number of fused-ring (bicyclic) bond motifs is 1. The monoisotopic (exact) mass is 613 g/mol. The number of ether oxygens (including phenoxy) is 2. The molecular formula is C23H37FN3O11PS. The van der Waals surface area contributed by atoms with Crippen LogP contribution in [0.15, 0.2) is 12.3 Å². The first-order valence-corrected chi connectivity index (χ1v) is 15.2. The average Bonchev–Trinajstić information content (AvgIpc) is 3.37. The molecule has 3 unspecified atom stereocenters. The first-order chi connectivity index (χ1) is 18.6. The van der Waals surface area contributed by atoms with Gasteiger partial charge < -0.3 is 30.1 Å². The van der Waals surface area contributed by atoms with Gasteiger partial charge >= 0.3 is 19.7 Å². The summed E-state index contributed by atoms with van der Waals surface area (Å²) in [6.45, 7) is 5.93. The molecule has 0 radical (unpaired) electrons. The van der Waals surface area contributed by atoms with E-state index in [9.17, 15) is 38.7 Å². The Morgan fingerprint density at radius 1 is 1.35 bits per heavy atom. The summed E-state index contributed by atoms with van der Waals surface area (Å²) in [4.78, 5) is 37.8. The SMILES string of the molecule is CC(C)OC(=O)[C@H](C)NP(=O)(OCCSC(=O)C(C)(C)CO)OC1[C@H]2O[C@@H](N3C=CC(O)NC3=O)[C@H](O)[C@@]12CF. The number of carbonyl (C=O) groups excluding carboxylic acids is 3. The fourth-order valence-electron chi connectivity index (χ4n) is 4.13. The van der Waals surface area contributed by atoms with E-state index in [1.165, 1.54) is 19.2 Å². The van der Waals surface area contributed by atoms with Gasteiger partial charge in [0.1, 0.15) is 37.3 Å². The Hall–Kier alpha value is -1.62. The molecule has 3 aliphatic rings. The van der Waals surface area contributed by atoms with Gasteiger partial charge in [0.2, 0.25) is 0 Å². The number of hydrogen-bond donors (Lipinski definition) is 5. The summed E-state index contributed by atoms with van der Waals surface area (Å²) in [5.41, 5.74) is -2.69. The molecule has 1 aliphatic carbocycles. The van der Waals surface area contributed by atoms with E-state index in [0.717, 1.165) is 16.7 Å². The molecule has 14 nitrogen and oxygen atoms in total. The molecule has 2 amide bonds. The number of aliphatic hydroxyl groups is 3. The fourth-order valence-corrected chi connectivity index (χ4v) is 6.77. The summed E-state index contributed by atoms with van der Waals surface area (Å²) in [7, 11) is -4.41. The molecule has 40 heavy (non-hydrogen) atoms. The van der Waals surface area contributed by atoms with Crippen LogP contribution < -0.4 is 10.4 Å². The number of hydrogen-bond acceptors (Lipinski definition) is 12. The van der Waals surface area contributed by atoms with E-state index in [-0.39, 0.29) is 24.1 Å². The number of amides is 2. The number of urea groups is 1. The van der Waals surface area contributed by atoms with Crippen LogP contribution in [0.5, 0.6) is 0 Å². The maximum Gasteiger partial charge on any atom is 0.406 e. The summed E-state index contributed by atoms with van der Waals surface area (Å²) in [5.74, 6) is -0.734. The maximum absolute atomic E-state index is 14.4. The van der Waals surface area contributed by atoms with Crippen LogP contribution in [-0.4, -0.2) is 106 Å². The average molecular weight is 614 g/mol. The molecule has 17 heteroatoms. The summed E-state index contributed by atoms with van der Waals surface area (Å²) < 4.78 is 50.1. The Labute approximate surface area is 235 Å². The lowest BCUT2D eigenvalue weighted by molar-refractivity contribution is -0.149. The highest BCUT2D eigenvalue weighted by Crippen LogP contribution is 2.65. The van der Waals surface area contributed by atoms with Crippen LogP contribution in [0.1, 0.15) is 34.6 Å². The molecule has 1 saturated carbocycles. The summed E-state index contributed by atoms with van der Waals surface area (Å²) in [6, 6.07) is -1.96. The second-order valence-corrected chi connectivity index (χ2v) is 13.4. The van der Waals surface area contributed by atoms with Crippen molar-refractivity contribution < 1.29 is 57.2 Å². The van der Waals surface area contributed by atoms with Crippen LogP contribution in [0, 0.1) is 10.8 Å². The standard InChI is InChI=1S/C23H37FN3O11PS/c1-12(2)36-19(31)13(3)26-39(34,35-8-9-40-20(32)22(4,5)11-28)38-17-16-23(17,10-24)15(30)18(37-16)27-7-6-14(29)25-21(27)33/h6-7,12-18,28-30H,8-11H2,1-5H3,(H,25,33)(H,26,34)/t13-,14?,15-,16+,17?,18+,23+,39?/m0/s1. The predicted octanol–water partition coefficient (Wildman–Crippen LogP) is 0.617. The molecule has 8 atom stereocenters. The van der Waals surface area contributed by atoms with E-state index < -0.39 is 80.2 Å². The minimum atomic E-state index is -4.41. The number of halogens is 1. The van der Waals surface area contributed by atoms with Gasteiger partial charge in [-0.05, 0) is 40.7 Å². The van der Waals surface area contributed by atoms with Crippen molar-refractivity contribution in [3.05, 3.63) is 12.3 Å². The molecule has 0 spiro atoms. The second kappa shape index (κ2) is 12.7. The van der Waals surface area contributed by atoms with E-state index >= 15 is 0 Å². The third-order valence-electron chi connectivity index (χ3n) is 6.61. The number of alkyl halides is 1. The molecule has 0 aromatic carbocycles. The van der Waals surface area contributed by atoms with Gasteiger partial charge in [-0.3, -0.25) is 27.9 Å². The van der Waals surface area contributed by atoms with Crippen LogP contribution in [0.25, 0.3) is 0 Å². The Balaban J connectivity index is 1.71. The lowest BCUT2D eigenvalue weighted by Crippen LogP contribution is -2.54. The van der Waals surface area contributed by atoms with Crippen molar-refractivity contribution in [3.8, 4) is 0 Å². The Kier molecular flexibility index (Phi) is 10.5. The largest absolute Gasteiger partial charge is 0.462 e. The van der Waals surface area contributed by atoms with E-state index in [2.05, 4.69) is 10.4 Å². The Morgan fingerprint density at radius 2 is 2.02 bits per heavy atom. The molecule has 0 aromatic heterocycles. The van der Waals surface area contributed by atoms with Crippen molar-refractivity contribution in [2.75, 3.05) is 25.6 Å². The van der Waals surface area contributed by atoms with Crippen molar-refractivity contribution in [2.24, 2.45) is 10.8 Å². The summed E-state index contributed by atoms with van der Waals surface area (Å²) in [6.07, 6.45) is -4.59. The molecule has 2 heterocycles. The van der Waals surface area contributed by atoms with Gasteiger partial charge in [-0.1, -0.05) is 11.8 Å². The number of thioether (sulfide) groups is 1. The van der Waals surface area contributed by atoms with E-state index in [1.807, 2.05) is 0 Å². The van der Waals surface area contributed by atoms with Crippen molar-refractivity contribution in [1.29, 1.82) is 0 Å². The number of rotatable bonds is 14. The van der Waals surface area contributed by atoms with Gasteiger partial charge in [-0.15, -0.1) is 0 Å². The zero-order valence-electron chi connectivity index (χ0n) is 22.8. The Bertz CT molecular complexity index is 1050. The molecule has 3 rings (SSSR count). The number of carbonyl (C=O) groups is 3. The molecule has 0 bridgehead atoms. The highest BCUT2D eigenvalue weighted by atomic mass is 32.2. The smallest absolute Gasteiger partial charge is 0.406 e. The quantitative estimate of drug-likeness (QED) is 0.104. The maximum atomic E-state index is 14.4. The van der Waals surface area contributed by atoms with Crippen LogP contribution in [0.4, 0.5) is 9.18 Å². The first kappa shape index (κ1) is 32.9. The summed E-state index contributed by atoms with van der Waals surface area (Å²) in [5, 5.41) is 34.2. The normalized spacial score (nSPS) is 31.9. The van der Waals surface area contributed by atoms with Gasteiger partial charge in [-0.2, -0.15) is 0 Å². The molecule has 0 aromatic rings. The van der Waals surface area contributed by atoms with Crippen LogP contribution in [-0.2, 0) is 32.7 Å². The zero-order chi connectivity index (χ0) is 30.0. The highest BCUT2D eigenvalue weighted by molar-refractivity contribution is 8.13. The van der Waals surface area contributed by atoms with Crippen LogP contribution >= 0.6 is 19.5 Å².